The molecule has 3 heterocycles. The summed E-state index contributed by atoms with van der Waals surface area (Å²) in [4.78, 5) is 38.7. The van der Waals surface area contributed by atoms with E-state index in [1.54, 1.807) is 36.4 Å². The third-order valence-corrected chi connectivity index (χ3v) is 6.64. The van der Waals surface area contributed by atoms with Crippen LogP contribution in [0.1, 0.15) is 56.1 Å². The van der Waals surface area contributed by atoms with Gasteiger partial charge in [-0.1, -0.05) is 36.4 Å². The number of benzene rings is 1. The first-order chi connectivity index (χ1) is 18.1. The van der Waals surface area contributed by atoms with Crippen molar-refractivity contribution in [2.24, 2.45) is 11.5 Å². The van der Waals surface area contributed by atoms with Gasteiger partial charge in [-0.3, -0.25) is 18.9 Å². The van der Waals surface area contributed by atoms with Crippen molar-refractivity contribution in [1.29, 1.82) is 0 Å². The number of carbonyl (C=O) groups excluding carboxylic acids is 3. The first-order valence-corrected chi connectivity index (χ1v) is 12.6. The monoisotopic (exact) mass is 522 g/mol. The summed E-state index contributed by atoms with van der Waals surface area (Å²) < 4.78 is 13.3. The molecule has 1 aliphatic rings. The molecule has 202 valence electrons. The number of aromatic nitrogens is 3. The smallest absolute Gasteiger partial charge is 0.410 e. The second kappa shape index (κ2) is 11.7. The maximum atomic E-state index is 12.9. The number of nitrogens with two attached hydrogens (primary N) is 2. The highest BCUT2D eigenvalue weighted by molar-refractivity contribution is 5.88. The maximum absolute atomic E-state index is 12.9. The molecule has 3 aromatic rings. The predicted octanol–water partition coefficient (Wildman–Crippen LogP) is 2.31. The fourth-order valence-electron chi connectivity index (χ4n) is 4.51. The van der Waals surface area contributed by atoms with E-state index >= 15 is 0 Å². The molecule has 4 rings (SSSR count). The topological polar surface area (TPSA) is 155 Å². The number of ketones is 1. The second-order valence-electron chi connectivity index (χ2n) is 10.1. The number of fused-ring (bicyclic) bond motifs is 1. The van der Waals surface area contributed by atoms with Crippen molar-refractivity contribution in [3.8, 4) is 0 Å². The van der Waals surface area contributed by atoms with Gasteiger partial charge in [0.2, 0.25) is 5.91 Å². The molecule has 0 saturated carbocycles. The summed E-state index contributed by atoms with van der Waals surface area (Å²) in [5, 5.41) is 8.66. The van der Waals surface area contributed by atoms with Crippen molar-refractivity contribution in [1.82, 2.24) is 19.5 Å². The molecule has 0 bridgehead atoms. The van der Waals surface area contributed by atoms with E-state index in [4.69, 9.17) is 20.9 Å². The molecule has 0 unspecified atom stereocenters. The van der Waals surface area contributed by atoms with E-state index in [0.717, 1.165) is 5.56 Å². The van der Waals surface area contributed by atoms with Crippen LogP contribution in [0.5, 0.6) is 0 Å². The van der Waals surface area contributed by atoms with Crippen LogP contribution in [0.2, 0.25) is 0 Å². The molecule has 4 N–H and O–H groups in total. The zero-order valence-corrected chi connectivity index (χ0v) is 21.7. The van der Waals surface area contributed by atoms with Gasteiger partial charge in [-0.25, -0.2) is 4.79 Å². The van der Waals surface area contributed by atoms with Crippen LogP contribution in [0, 0.1) is 0 Å². The highest BCUT2D eigenvalue weighted by atomic mass is 16.6. The highest BCUT2D eigenvalue weighted by Gasteiger charge is 2.34. The molecule has 0 radical (unpaired) electrons. The average molecular weight is 523 g/mol. The number of hydrogen-bond donors (Lipinski definition) is 2. The number of nitrogens with zero attached hydrogens (tertiary/aromatic N) is 4. The summed E-state index contributed by atoms with van der Waals surface area (Å²) in [7, 11) is 0. The SMILES string of the molecule is CC(C)(N)C(=O)C[C@H](COCc1ccccc1)c1nnc2cccc(COC(=O)N3CCC[C@@H]3C(N)=O)n12. The van der Waals surface area contributed by atoms with Crippen LogP contribution < -0.4 is 11.5 Å². The minimum absolute atomic E-state index is 0.0862. The largest absolute Gasteiger partial charge is 0.443 e. The molecule has 0 aliphatic carbocycles. The third-order valence-electron chi connectivity index (χ3n) is 6.64. The number of Topliss-reactive ketones (excluding diaryl/α,β-unsaturated/α-hetero) is 1. The lowest BCUT2D eigenvalue weighted by atomic mass is 9.91. The van der Waals surface area contributed by atoms with Crippen LogP contribution in [-0.2, 0) is 32.3 Å². The fourth-order valence-corrected chi connectivity index (χ4v) is 4.51. The molecular weight excluding hydrogens is 488 g/mol. The van der Waals surface area contributed by atoms with Gasteiger partial charge in [0, 0.05) is 18.9 Å². The summed E-state index contributed by atoms with van der Waals surface area (Å²) in [5.41, 5.74) is 12.7. The van der Waals surface area contributed by atoms with E-state index in [2.05, 4.69) is 10.2 Å². The van der Waals surface area contributed by atoms with Crippen molar-refractivity contribution in [2.75, 3.05) is 13.2 Å². The van der Waals surface area contributed by atoms with Crippen molar-refractivity contribution in [2.45, 2.75) is 63.8 Å². The summed E-state index contributed by atoms with van der Waals surface area (Å²) in [6.07, 6.45) is 0.692. The molecule has 11 heteroatoms. The van der Waals surface area contributed by atoms with Crippen molar-refractivity contribution in [3.63, 3.8) is 0 Å². The standard InChI is InChI=1S/C27H34N6O5/c1-27(2,29)22(34)14-19(16-37-15-18-8-4-3-5-9-18)25-31-30-23-12-6-10-20(33(23)25)17-38-26(36)32-13-7-11-21(32)24(28)35/h3-6,8-10,12,19,21H,7,11,13-17,29H2,1-2H3,(H2,28,35)/t19-,21-/m1/s1. The molecule has 1 saturated heterocycles. The van der Waals surface area contributed by atoms with E-state index in [0.29, 0.717) is 43.2 Å². The minimum Gasteiger partial charge on any atom is -0.443 e. The number of primary amides is 1. The van der Waals surface area contributed by atoms with Gasteiger partial charge < -0.3 is 20.9 Å². The van der Waals surface area contributed by atoms with Gasteiger partial charge in [-0.2, -0.15) is 0 Å². The maximum Gasteiger partial charge on any atom is 0.410 e. The van der Waals surface area contributed by atoms with Gasteiger partial charge in [0.05, 0.1) is 24.4 Å². The fraction of sp³-hybridized carbons (Fsp3) is 0.444. The number of pyridine rings is 1. The molecular formula is C27H34N6O5. The lowest BCUT2D eigenvalue weighted by molar-refractivity contribution is -0.124. The van der Waals surface area contributed by atoms with E-state index < -0.39 is 29.5 Å². The zero-order chi connectivity index (χ0) is 27.3. The molecule has 1 fully saturated rings. The van der Waals surface area contributed by atoms with Crippen LogP contribution in [0.25, 0.3) is 5.65 Å². The molecule has 1 aromatic carbocycles. The Bertz CT molecular complexity index is 1290. The van der Waals surface area contributed by atoms with Gasteiger partial charge in [0.25, 0.3) is 0 Å². The Hall–Kier alpha value is -3.83. The summed E-state index contributed by atoms with van der Waals surface area (Å²) >= 11 is 0. The molecule has 0 spiro atoms. The lowest BCUT2D eigenvalue weighted by Gasteiger charge is -2.23. The van der Waals surface area contributed by atoms with Crippen LogP contribution in [0.4, 0.5) is 4.79 Å². The molecule has 2 amide bonds. The van der Waals surface area contributed by atoms with E-state index in [1.807, 2.05) is 30.3 Å². The minimum atomic E-state index is -1.02. The molecule has 1 aliphatic heterocycles. The summed E-state index contributed by atoms with van der Waals surface area (Å²) in [6.45, 7) is 4.24. The molecule has 2 atom stereocenters. The molecule has 11 nitrogen and oxygen atoms in total. The zero-order valence-electron chi connectivity index (χ0n) is 21.7. The van der Waals surface area contributed by atoms with Gasteiger partial charge in [0.15, 0.2) is 11.4 Å². The average Bonchev–Trinajstić information content (AvgIpc) is 3.55. The Balaban J connectivity index is 1.56. The number of carbonyl (C=O) groups is 3. The molecule has 2 aromatic heterocycles. The van der Waals surface area contributed by atoms with Crippen LogP contribution >= 0.6 is 0 Å². The number of rotatable bonds is 11. The van der Waals surface area contributed by atoms with Crippen LogP contribution in [0.3, 0.4) is 0 Å². The predicted molar refractivity (Wildman–Crippen MR) is 139 cm³/mol. The van der Waals surface area contributed by atoms with E-state index in [9.17, 15) is 14.4 Å². The van der Waals surface area contributed by atoms with Gasteiger partial charge >= 0.3 is 6.09 Å². The van der Waals surface area contributed by atoms with Gasteiger partial charge in [-0.05, 0) is 44.4 Å². The number of likely N-dealkylation sites (tertiary alicyclic amines) is 1. The van der Waals surface area contributed by atoms with Crippen molar-refractivity contribution in [3.05, 3.63) is 65.6 Å². The number of ether oxygens (including phenoxy) is 2. The van der Waals surface area contributed by atoms with Crippen molar-refractivity contribution >= 4 is 23.4 Å². The van der Waals surface area contributed by atoms with Gasteiger partial charge in [0.1, 0.15) is 18.5 Å². The Morgan fingerprint density at radius 2 is 1.84 bits per heavy atom. The highest BCUT2D eigenvalue weighted by Crippen LogP contribution is 2.25. The Kier molecular flexibility index (Phi) is 8.38. The lowest BCUT2D eigenvalue weighted by Crippen LogP contribution is -2.43. The number of hydrogen-bond acceptors (Lipinski definition) is 8. The Morgan fingerprint density at radius 3 is 2.55 bits per heavy atom. The van der Waals surface area contributed by atoms with Gasteiger partial charge in [-0.15, -0.1) is 10.2 Å². The quantitative estimate of drug-likeness (QED) is 0.389. The Labute approximate surface area is 221 Å². The van der Waals surface area contributed by atoms with Crippen LogP contribution in [0.15, 0.2) is 48.5 Å². The van der Waals surface area contributed by atoms with E-state index in [1.165, 1.54) is 4.90 Å². The second-order valence-corrected chi connectivity index (χ2v) is 10.1. The molecule has 38 heavy (non-hydrogen) atoms. The summed E-state index contributed by atoms with van der Waals surface area (Å²) in [5.74, 6) is -0.626. The van der Waals surface area contributed by atoms with E-state index in [-0.39, 0.29) is 25.4 Å². The number of amides is 2. The first kappa shape index (κ1) is 27.2. The van der Waals surface area contributed by atoms with Crippen molar-refractivity contribution < 1.29 is 23.9 Å². The normalized spacial score (nSPS) is 16.5. The Morgan fingerprint density at radius 1 is 1.08 bits per heavy atom. The first-order valence-electron chi connectivity index (χ1n) is 12.6. The third kappa shape index (κ3) is 6.35. The van der Waals surface area contributed by atoms with Crippen LogP contribution in [-0.4, -0.2) is 62.0 Å². The summed E-state index contributed by atoms with van der Waals surface area (Å²) in [6, 6.07) is 14.4.